The van der Waals surface area contributed by atoms with E-state index in [1.165, 1.54) is 11.1 Å². The van der Waals surface area contributed by atoms with Crippen LogP contribution in [0, 0.1) is 12.3 Å². The van der Waals surface area contributed by atoms with E-state index in [0.717, 1.165) is 5.75 Å². The molecule has 1 aromatic carbocycles. The lowest BCUT2D eigenvalue weighted by Crippen LogP contribution is -2.46. The van der Waals surface area contributed by atoms with Crippen molar-refractivity contribution in [2.45, 2.75) is 53.1 Å². The third kappa shape index (κ3) is 1.37. The maximum Gasteiger partial charge on any atom is 0.126 e. The third-order valence-corrected chi connectivity index (χ3v) is 4.34. The van der Waals surface area contributed by atoms with Gasteiger partial charge in [-0.1, -0.05) is 45.9 Å². The van der Waals surface area contributed by atoms with Crippen LogP contribution in [0.2, 0.25) is 0 Å². The average molecular weight is 218 g/mol. The van der Waals surface area contributed by atoms with Crippen molar-refractivity contribution in [2.75, 3.05) is 0 Å². The fourth-order valence-corrected chi connectivity index (χ4v) is 2.56. The SMILES string of the molecule is Cc1cccc2c1OC(C)(C(C)(C)C)C2C. The fourth-order valence-electron chi connectivity index (χ4n) is 2.56. The lowest BCUT2D eigenvalue weighted by atomic mass is 9.70. The molecule has 0 aliphatic carbocycles. The van der Waals surface area contributed by atoms with Gasteiger partial charge < -0.3 is 4.74 Å². The largest absolute Gasteiger partial charge is 0.486 e. The maximum absolute atomic E-state index is 6.30. The second kappa shape index (κ2) is 3.26. The van der Waals surface area contributed by atoms with Gasteiger partial charge in [0, 0.05) is 16.9 Å². The van der Waals surface area contributed by atoms with Gasteiger partial charge in [-0.3, -0.25) is 0 Å². The Morgan fingerprint density at radius 1 is 1.25 bits per heavy atom. The van der Waals surface area contributed by atoms with Crippen molar-refractivity contribution in [3.05, 3.63) is 29.3 Å². The molecule has 0 saturated heterocycles. The average Bonchev–Trinajstić information content (AvgIpc) is 2.43. The van der Waals surface area contributed by atoms with Gasteiger partial charge in [0.15, 0.2) is 0 Å². The minimum Gasteiger partial charge on any atom is -0.486 e. The highest BCUT2D eigenvalue weighted by Crippen LogP contribution is 2.53. The van der Waals surface area contributed by atoms with E-state index >= 15 is 0 Å². The molecule has 0 aromatic heterocycles. The summed E-state index contributed by atoms with van der Waals surface area (Å²) in [6, 6.07) is 6.45. The summed E-state index contributed by atoms with van der Waals surface area (Å²) in [5.74, 6) is 1.55. The van der Waals surface area contributed by atoms with Gasteiger partial charge in [0.2, 0.25) is 0 Å². The summed E-state index contributed by atoms with van der Waals surface area (Å²) in [5.41, 5.74) is 2.63. The minimum atomic E-state index is -0.110. The van der Waals surface area contributed by atoms with E-state index in [1.807, 2.05) is 0 Å². The molecule has 0 bridgehead atoms. The van der Waals surface area contributed by atoms with E-state index in [4.69, 9.17) is 4.74 Å². The second-order valence-corrected chi connectivity index (χ2v) is 6.17. The first-order valence-corrected chi connectivity index (χ1v) is 6.06. The van der Waals surface area contributed by atoms with Crippen LogP contribution in [0.1, 0.15) is 51.7 Å². The van der Waals surface area contributed by atoms with Gasteiger partial charge in [0.05, 0.1) is 0 Å². The highest BCUT2D eigenvalue weighted by atomic mass is 16.5. The zero-order valence-electron chi connectivity index (χ0n) is 11.2. The standard InChI is InChI=1S/C15H22O/c1-10-8-7-9-12-11(2)15(6,14(3,4)5)16-13(10)12/h7-9,11H,1-6H3. The molecule has 88 valence electrons. The lowest BCUT2D eigenvalue weighted by molar-refractivity contribution is -0.0146. The number of hydrogen-bond donors (Lipinski definition) is 0. The van der Waals surface area contributed by atoms with Crippen LogP contribution in [0.15, 0.2) is 18.2 Å². The smallest absolute Gasteiger partial charge is 0.126 e. The number of hydrogen-bond acceptors (Lipinski definition) is 1. The normalized spacial score (nSPS) is 28.8. The molecule has 0 N–H and O–H groups in total. The number of para-hydroxylation sites is 1. The summed E-state index contributed by atoms with van der Waals surface area (Å²) in [7, 11) is 0. The van der Waals surface area contributed by atoms with E-state index in [9.17, 15) is 0 Å². The third-order valence-electron chi connectivity index (χ3n) is 4.34. The van der Waals surface area contributed by atoms with Gasteiger partial charge in [-0.05, 0) is 19.4 Å². The van der Waals surface area contributed by atoms with Crippen LogP contribution in [0.4, 0.5) is 0 Å². The Morgan fingerprint density at radius 3 is 2.38 bits per heavy atom. The quantitative estimate of drug-likeness (QED) is 0.631. The van der Waals surface area contributed by atoms with Crippen molar-refractivity contribution in [3.8, 4) is 5.75 Å². The first-order valence-electron chi connectivity index (χ1n) is 6.06. The van der Waals surface area contributed by atoms with Crippen LogP contribution in [0.25, 0.3) is 0 Å². The Kier molecular flexibility index (Phi) is 2.34. The molecule has 0 amide bonds. The predicted octanol–water partition coefficient (Wildman–Crippen LogP) is 4.30. The number of rotatable bonds is 0. The van der Waals surface area contributed by atoms with Gasteiger partial charge in [-0.15, -0.1) is 0 Å². The van der Waals surface area contributed by atoms with Crippen molar-refractivity contribution in [3.63, 3.8) is 0 Å². The Hall–Kier alpha value is -0.980. The van der Waals surface area contributed by atoms with Gasteiger partial charge in [0.1, 0.15) is 11.4 Å². The fraction of sp³-hybridized carbons (Fsp3) is 0.600. The summed E-state index contributed by atoms with van der Waals surface area (Å²) in [4.78, 5) is 0. The van der Waals surface area contributed by atoms with Gasteiger partial charge in [-0.25, -0.2) is 0 Å². The highest BCUT2D eigenvalue weighted by Gasteiger charge is 2.50. The number of aryl methyl sites for hydroxylation is 1. The Morgan fingerprint density at radius 2 is 1.88 bits per heavy atom. The minimum absolute atomic E-state index is 0.110. The van der Waals surface area contributed by atoms with Crippen molar-refractivity contribution in [2.24, 2.45) is 5.41 Å². The molecule has 1 aromatic rings. The molecule has 1 aliphatic rings. The molecule has 0 saturated carbocycles. The lowest BCUT2D eigenvalue weighted by Gasteiger charge is -2.41. The Labute approximate surface area is 98.8 Å². The molecule has 2 atom stereocenters. The van der Waals surface area contributed by atoms with Crippen LogP contribution in [-0.2, 0) is 0 Å². The van der Waals surface area contributed by atoms with E-state index < -0.39 is 0 Å². The number of benzene rings is 1. The summed E-state index contributed by atoms with van der Waals surface area (Å²) in [6.07, 6.45) is 0. The van der Waals surface area contributed by atoms with Crippen LogP contribution >= 0.6 is 0 Å². The van der Waals surface area contributed by atoms with Crippen molar-refractivity contribution >= 4 is 0 Å². The summed E-state index contributed by atoms with van der Waals surface area (Å²) in [5, 5.41) is 0. The number of ether oxygens (including phenoxy) is 1. The van der Waals surface area contributed by atoms with Gasteiger partial charge in [0.25, 0.3) is 0 Å². The van der Waals surface area contributed by atoms with Gasteiger partial charge in [-0.2, -0.15) is 0 Å². The van der Waals surface area contributed by atoms with Crippen molar-refractivity contribution in [1.29, 1.82) is 0 Å². The van der Waals surface area contributed by atoms with Crippen LogP contribution < -0.4 is 4.74 Å². The Bertz CT molecular complexity index is 414. The molecule has 1 nitrogen and oxygen atoms in total. The molecule has 2 unspecified atom stereocenters. The molecule has 1 heteroatoms. The first-order chi connectivity index (χ1) is 7.27. The molecular weight excluding hydrogens is 196 g/mol. The monoisotopic (exact) mass is 218 g/mol. The van der Waals surface area contributed by atoms with E-state index in [2.05, 4.69) is 59.7 Å². The first kappa shape index (κ1) is 11.5. The van der Waals surface area contributed by atoms with E-state index in [1.54, 1.807) is 0 Å². The Balaban J connectivity index is 2.53. The molecule has 1 aliphatic heterocycles. The second-order valence-electron chi connectivity index (χ2n) is 6.17. The molecule has 2 rings (SSSR count). The molecular formula is C15H22O. The molecule has 1 heterocycles. The van der Waals surface area contributed by atoms with Crippen molar-refractivity contribution in [1.82, 2.24) is 0 Å². The molecule has 0 radical (unpaired) electrons. The summed E-state index contributed by atoms with van der Waals surface area (Å²) < 4.78 is 6.30. The number of fused-ring (bicyclic) bond motifs is 1. The topological polar surface area (TPSA) is 9.23 Å². The summed E-state index contributed by atoms with van der Waals surface area (Å²) in [6.45, 7) is 13.4. The zero-order chi connectivity index (χ0) is 12.1. The van der Waals surface area contributed by atoms with Crippen molar-refractivity contribution < 1.29 is 4.74 Å². The van der Waals surface area contributed by atoms with Crippen LogP contribution in [0.3, 0.4) is 0 Å². The van der Waals surface area contributed by atoms with E-state index in [-0.39, 0.29) is 11.0 Å². The molecule has 0 spiro atoms. The predicted molar refractivity (Wildman–Crippen MR) is 68.1 cm³/mol. The molecule has 0 fully saturated rings. The van der Waals surface area contributed by atoms with E-state index in [0.29, 0.717) is 5.92 Å². The molecule has 16 heavy (non-hydrogen) atoms. The highest BCUT2D eigenvalue weighted by molar-refractivity contribution is 5.48. The zero-order valence-corrected chi connectivity index (χ0v) is 11.2. The van der Waals surface area contributed by atoms with Gasteiger partial charge >= 0.3 is 0 Å². The van der Waals surface area contributed by atoms with Crippen LogP contribution in [-0.4, -0.2) is 5.60 Å². The van der Waals surface area contributed by atoms with Crippen LogP contribution in [0.5, 0.6) is 5.75 Å². The maximum atomic E-state index is 6.30. The summed E-state index contributed by atoms with van der Waals surface area (Å²) >= 11 is 0.